The minimum absolute atomic E-state index is 0.00914. The van der Waals surface area contributed by atoms with Gasteiger partial charge in [-0.2, -0.15) is 0 Å². The summed E-state index contributed by atoms with van der Waals surface area (Å²) in [6.45, 7) is 18.6. The van der Waals surface area contributed by atoms with Crippen LogP contribution in [0.1, 0.15) is 57.0 Å². The second kappa shape index (κ2) is 7.45. The zero-order valence-corrected chi connectivity index (χ0v) is 15.6. The van der Waals surface area contributed by atoms with Crippen molar-refractivity contribution in [2.75, 3.05) is 0 Å². The molecule has 0 unspecified atom stereocenters. The Morgan fingerprint density at radius 1 is 1.04 bits per heavy atom. The summed E-state index contributed by atoms with van der Waals surface area (Å²) in [5, 5.41) is 0. The SMILES string of the molecule is C=C(N)c1c(C(C)(C)C)cc(-c2ccc(C)cc2)nc1C.CC. The maximum Gasteiger partial charge on any atom is 0.0708 e. The maximum atomic E-state index is 5.99. The van der Waals surface area contributed by atoms with Crippen molar-refractivity contribution in [2.45, 2.75) is 53.9 Å². The number of aryl methyl sites for hydroxylation is 2. The van der Waals surface area contributed by atoms with Crippen molar-refractivity contribution in [3.63, 3.8) is 0 Å². The lowest BCUT2D eigenvalue weighted by molar-refractivity contribution is 0.587. The van der Waals surface area contributed by atoms with E-state index in [1.165, 1.54) is 11.1 Å². The van der Waals surface area contributed by atoms with Gasteiger partial charge in [0.2, 0.25) is 0 Å². The van der Waals surface area contributed by atoms with E-state index in [2.05, 4.69) is 64.6 Å². The molecular formula is C21H30N2. The van der Waals surface area contributed by atoms with E-state index < -0.39 is 0 Å². The second-order valence-electron chi connectivity index (χ2n) is 6.66. The highest BCUT2D eigenvalue weighted by Crippen LogP contribution is 2.33. The Kier molecular flexibility index (Phi) is 6.14. The van der Waals surface area contributed by atoms with Crippen molar-refractivity contribution in [1.29, 1.82) is 0 Å². The van der Waals surface area contributed by atoms with Gasteiger partial charge in [-0.15, -0.1) is 0 Å². The van der Waals surface area contributed by atoms with Crippen molar-refractivity contribution < 1.29 is 0 Å². The van der Waals surface area contributed by atoms with E-state index in [9.17, 15) is 0 Å². The molecule has 0 aliphatic rings. The first-order valence-electron chi connectivity index (χ1n) is 8.24. The molecule has 0 amide bonds. The number of hydrogen-bond acceptors (Lipinski definition) is 2. The van der Waals surface area contributed by atoms with Crippen LogP contribution in [0.4, 0.5) is 0 Å². The fourth-order valence-corrected chi connectivity index (χ4v) is 2.54. The lowest BCUT2D eigenvalue weighted by atomic mass is 9.82. The summed E-state index contributed by atoms with van der Waals surface area (Å²) in [6.07, 6.45) is 0. The maximum absolute atomic E-state index is 5.99. The molecule has 1 aromatic heterocycles. The summed E-state index contributed by atoms with van der Waals surface area (Å²) in [7, 11) is 0. The fraction of sp³-hybridized carbons (Fsp3) is 0.381. The Bertz CT molecular complexity index is 674. The Labute approximate surface area is 141 Å². The molecule has 0 spiro atoms. The van der Waals surface area contributed by atoms with Crippen molar-refractivity contribution in [3.05, 3.63) is 59.3 Å². The van der Waals surface area contributed by atoms with Gasteiger partial charge in [0.05, 0.1) is 5.69 Å². The highest BCUT2D eigenvalue weighted by Gasteiger charge is 2.22. The van der Waals surface area contributed by atoms with Crippen LogP contribution in [0, 0.1) is 13.8 Å². The smallest absolute Gasteiger partial charge is 0.0708 e. The van der Waals surface area contributed by atoms with E-state index in [4.69, 9.17) is 10.7 Å². The number of pyridine rings is 1. The van der Waals surface area contributed by atoms with Crippen LogP contribution in [0.25, 0.3) is 17.0 Å². The standard InChI is InChI=1S/C19H24N2.C2H6/c1-12-7-9-15(10-8-12)17-11-16(19(4,5)6)18(13(2)20)14(3)21-17;1-2/h7-11H,2,20H2,1,3-6H3;1-2H3. The third-order valence-corrected chi connectivity index (χ3v) is 3.68. The van der Waals surface area contributed by atoms with Crippen molar-refractivity contribution >= 4 is 5.70 Å². The number of rotatable bonds is 2. The molecule has 1 aromatic carbocycles. The highest BCUT2D eigenvalue weighted by molar-refractivity contribution is 5.71. The Morgan fingerprint density at radius 2 is 1.57 bits per heavy atom. The van der Waals surface area contributed by atoms with Crippen LogP contribution in [0.5, 0.6) is 0 Å². The third-order valence-electron chi connectivity index (χ3n) is 3.68. The Balaban J connectivity index is 0.00000127. The first-order chi connectivity index (χ1) is 10.7. The molecule has 0 saturated heterocycles. The molecule has 0 aliphatic heterocycles. The summed E-state index contributed by atoms with van der Waals surface area (Å²) in [5.41, 5.74) is 13.0. The Hall–Kier alpha value is -2.09. The fourth-order valence-electron chi connectivity index (χ4n) is 2.54. The van der Waals surface area contributed by atoms with E-state index in [0.29, 0.717) is 5.70 Å². The molecule has 0 radical (unpaired) electrons. The first kappa shape index (κ1) is 19.0. The van der Waals surface area contributed by atoms with Gasteiger partial charge in [0.1, 0.15) is 0 Å². The lowest BCUT2D eigenvalue weighted by Crippen LogP contribution is -2.17. The molecule has 2 aromatic rings. The monoisotopic (exact) mass is 310 g/mol. The molecule has 2 N–H and O–H groups in total. The molecule has 0 bridgehead atoms. The van der Waals surface area contributed by atoms with Crippen LogP contribution < -0.4 is 5.73 Å². The van der Waals surface area contributed by atoms with Crippen LogP contribution in [0.15, 0.2) is 36.9 Å². The average molecular weight is 310 g/mol. The van der Waals surface area contributed by atoms with E-state index in [-0.39, 0.29) is 5.41 Å². The molecule has 2 heteroatoms. The second-order valence-corrected chi connectivity index (χ2v) is 6.66. The molecule has 0 aliphatic carbocycles. The van der Waals surface area contributed by atoms with Crippen molar-refractivity contribution in [1.82, 2.24) is 4.98 Å². The van der Waals surface area contributed by atoms with Crippen LogP contribution >= 0.6 is 0 Å². The van der Waals surface area contributed by atoms with Crippen LogP contribution in [0.3, 0.4) is 0 Å². The quantitative estimate of drug-likeness (QED) is 0.782. The highest BCUT2D eigenvalue weighted by atomic mass is 14.7. The lowest BCUT2D eigenvalue weighted by Gasteiger charge is -2.25. The van der Waals surface area contributed by atoms with Gasteiger partial charge in [-0.3, -0.25) is 4.98 Å². The van der Waals surface area contributed by atoms with Gasteiger partial charge in [0, 0.05) is 22.5 Å². The minimum Gasteiger partial charge on any atom is -0.399 e. The summed E-state index contributed by atoms with van der Waals surface area (Å²) in [6, 6.07) is 10.6. The molecule has 0 fully saturated rings. The molecule has 0 atom stereocenters. The molecule has 2 nitrogen and oxygen atoms in total. The summed E-state index contributed by atoms with van der Waals surface area (Å²) in [5.74, 6) is 0. The Morgan fingerprint density at radius 3 is 2.00 bits per heavy atom. The molecule has 1 heterocycles. The largest absolute Gasteiger partial charge is 0.399 e. The molecule has 0 saturated carbocycles. The third kappa shape index (κ3) is 4.44. The normalized spacial score (nSPS) is 10.7. The van der Waals surface area contributed by atoms with E-state index in [1.807, 2.05) is 20.8 Å². The van der Waals surface area contributed by atoms with Gasteiger partial charge in [-0.1, -0.05) is 71.0 Å². The first-order valence-corrected chi connectivity index (χ1v) is 8.24. The zero-order chi connectivity index (χ0) is 17.8. The average Bonchev–Trinajstić information content (AvgIpc) is 2.48. The number of nitrogens with zero attached hydrogens (tertiary/aromatic N) is 1. The van der Waals surface area contributed by atoms with Crippen molar-refractivity contribution in [2.24, 2.45) is 5.73 Å². The van der Waals surface area contributed by atoms with Gasteiger partial charge >= 0.3 is 0 Å². The molecule has 2 rings (SSSR count). The topological polar surface area (TPSA) is 38.9 Å². The van der Waals surface area contributed by atoms with Crippen LogP contribution in [0.2, 0.25) is 0 Å². The van der Waals surface area contributed by atoms with Gasteiger partial charge in [0.25, 0.3) is 0 Å². The summed E-state index contributed by atoms with van der Waals surface area (Å²) < 4.78 is 0. The predicted octanol–water partition coefficient (Wildman–Crippen LogP) is 5.62. The minimum atomic E-state index is -0.00914. The van der Waals surface area contributed by atoms with E-state index >= 15 is 0 Å². The van der Waals surface area contributed by atoms with Gasteiger partial charge < -0.3 is 5.73 Å². The van der Waals surface area contributed by atoms with Crippen molar-refractivity contribution in [3.8, 4) is 11.3 Å². The number of hydrogen-bond donors (Lipinski definition) is 1. The molecule has 124 valence electrons. The number of benzene rings is 1. The van der Waals surface area contributed by atoms with E-state index in [0.717, 1.165) is 22.5 Å². The number of nitrogens with two attached hydrogens (primary N) is 1. The predicted molar refractivity (Wildman–Crippen MR) is 102 cm³/mol. The molecular weight excluding hydrogens is 280 g/mol. The summed E-state index contributed by atoms with van der Waals surface area (Å²) >= 11 is 0. The summed E-state index contributed by atoms with van der Waals surface area (Å²) in [4.78, 5) is 4.73. The zero-order valence-electron chi connectivity index (χ0n) is 15.6. The molecule has 23 heavy (non-hydrogen) atoms. The van der Waals surface area contributed by atoms with Crippen LogP contribution in [-0.2, 0) is 5.41 Å². The van der Waals surface area contributed by atoms with E-state index in [1.54, 1.807) is 0 Å². The van der Waals surface area contributed by atoms with Gasteiger partial charge in [-0.25, -0.2) is 0 Å². The van der Waals surface area contributed by atoms with Gasteiger partial charge in [0.15, 0.2) is 0 Å². The van der Waals surface area contributed by atoms with Crippen LogP contribution in [-0.4, -0.2) is 4.98 Å². The number of aromatic nitrogens is 1. The van der Waals surface area contributed by atoms with Gasteiger partial charge in [-0.05, 0) is 30.9 Å².